The Morgan fingerprint density at radius 3 is 2.70 bits per heavy atom. The monoisotopic (exact) mass is 515 g/mol. The third kappa shape index (κ3) is 8.15. The minimum atomic E-state index is -0.516. The Bertz CT molecular complexity index is 1350. The highest BCUT2D eigenvalue weighted by atomic mass is 32.2. The van der Waals surface area contributed by atoms with Crippen LogP contribution >= 0.6 is 11.8 Å². The number of carbonyl (C=O) groups excluding carboxylic acids is 2. The Morgan fingerprint density at radius 1 is 1.22 bits per heavy atom. The number of amides is 2. The van der Waals surface area contributed by atoms with E-state index in [0.717, 1.165) is 11.1 Å². The highest BCUT2D eigenvalue weighted by Crippen LogP contribution is 2.24. The molecule has 2 amide bonds. The molecule has 10 heteroatoms. The molecule has 1 heterocycles. The Labute approximate surface area is 220 Å². The molecule has 0 radical (unpaired) electrons. The summed E-state index contributed by atoms with van der Waals surface area (Å²) in [6.07, 6.45) is 2.12. The summed E-state index contributed by atoms with van der Waals surface area (Å²) in [4.78, 5) is 36.7. The molecule has 0 spiro atoms. The molecule has 3 rings (SSSR count). The zero-order valence-corrected chi connectivity index (χ0v) is 22.1. The average Bonchev–Trinajstić information content (AvgIpc) is 3.30. The van der Waals surface area contributed by atoms with Crippen molar-refractivity contribution in [2.24, 2.45) is 20.4 Å². The summed E-state index contributed by atoms with van der Waals surface area (Å²) in [6.45, 7) is 10.7. The molecule has 9 nitrogen and oxygen atoms in total. The molecule has 0 unspecified atom stereocenters. The van der Waals surface area contributed by atoms with Crippen LogP contribution in [0.4, 0.5) is 11.4 Å². The lowest BCUT2D eigenvalue weighted by Gasteiger charge is -2.15. The second kappa shape index (κ2) is 12.1. The number of amidine groups is 1. The van der Waals surface area contributed by atoms with E-state index in [1.165, 1.54) is 18.7 Å². The maximum atomic E-state index is 12.9. The lowest BCUT2D eigenvalue weighted by Crippen LogP contribution is -2.23. The molecule has 0 aliphatic carbocycles. The number of nitriles is 1. The second-order valence-corrected chi connectivity index (χ2v) is 10.1. The quantitative estimate of drug-likeness (QED) is 0.372. The van der Waals surface area contributed by atoms with Crippen LogP contribution in [0.3, 0.4) is 0 Å². The van der Waals surface area contributed by atoms with Gasteiger partial charge in [-0.15, -0.1) is 0 Å². The Morgan fingerprint density at radius 2 is 2.00 bits per heavy atom. The van der Waals surface area contributed by atoms with Crippen molar-refractivity contribution in [3.63, 3.8) is 0 Å². The van der Waals surface area contributed by atoms with E-state index in [4.69, 9.17) is 0 Å². The predicted octanol–water partition coefficient (Wildman–Crippen LogP) is 4.89. The first-order valence-electron chi connectivity index (χ1n) is 11.5. The number of aryl methyl sites for hydroxylation is 1. The van der Waals surface area contributed by atoms with Crippen LogP contribution in [-0.4, -0.2) is 35.4 Å². The van der Waals surface area contributed by atoms with Gasteiger partial charge in [-0.25, -0.2) is 15.0 Å². The van der Waals surface area contributed by atoms with Crippen LogP contribution in [0.25, 0.3) is 0 Å². The summed E-state index contributed by atoms with van der Waals surface area (Å²) < 4.78 is 0. The van der Waals surface area contributed by atoms with Crippen molar-refractivity contribution in [2.45, 2.75) is 34.1 Å². The Balaban J connectivity index is 1.72. The first kappa shape index (κ1) is 27.4. The van der Waals surface area contributed by atoms with Crippen molar-refractivity contribution < 1.29 is 9.59 Å². The third-order valence-electron chi connectivity index (χ3n) is 5.25. The zero-order chi connectivity index (χ0) is 27.0. The van der Waals surface area contributed by atoms with Gasteiger partial charge in [0.2, 0.25) is 11.9 Å². The third-order valence-corrected chi connectivity index (χ3v) is 6.16. The minimum Gasteiger partial charge on any atom is -0.324 e. The van der Waals surface area contributed by atoms with Crippen LogP contribution in [0.15, 0.2) is 69.3 Å². The zero-order valence-electron chi connectivity index (χ0n) is 21.3. The molecule has 0 aromatic heterocycles. The Hall–Kier alpha value is -4.23. The molecule has 0 fully saturated rings. The summed E-state index contributed by atoms with van der Waals surface area (Å²) in [5.41, 5.74) is 3.83. The molecule has 2 aromatic rings. The number of nitrogens with zero attached hydrogens (tertiary/aromatic N) is 4. The summed E-state index contributed by atoms with van der Waals surface area (Å²) >= 11 is 1.41. The van der Waals surface area contributed by atoms with Gasteiger partial charge in [0.05, 0.1) is 23.4 Å². The van der Waals surface area contributed by atoms with Crippen LogP contribution in [0.1, 0.15) is 42.3 Å². The van der Waals surface area contributed by atoms with Gasteiger partial charge in [-0.3, -0.25) is 9.59 Å². The van der Waals surface area contributed by atoms with Gasteiger partial charge in [0.1, 0.15) is 0 Å². The van der Waals surface area contributed by atoms with Gasteiger partial charge >= 0.3 is 0 Å². The van der Waals surface area contributed by atoms with E-state index in [2.05, 4.69) is 43.7 Å². The van der Waals surface area contributed by atoms with Crippen LogP contribution in [-0.2, 0) is 11.2 Å². The van der Waals surface area contributed by atoms with E-state index < -0.39 is 5.41 Å². The highest BCUT2D eigenvalue weighted by molar-refractivity contribution is 8.14. The lowest BCUT2D eigenvalue weighted by atomic mass is 9.87. The van der Waals surface area contributed by atoms with Gasteiger partial charge in [-0.2, -0.15) is 5.26 Å². The summed E-state index contributed by atoms with van der Waals surface area (Å²) in [7, 11) is 0. The van der Waals surface area contributed by atoms with Crippen LogP contribution in [0.2, 0.25) is 0 Å². The fourth-order valence-corrected chi connectivity index (χ4v) is 4.22. The number of anilines is 2. The number of nitrogens with one attached hydrogen (secondary N) is 3. The maximum Gasteiger partial charge on any atom is 0.255 e. The normalized spacial score (nSPS) is 14.5. The summed E-state index contributed by atoms with van der Waals surface area (Å²) in [5, 5.41) is 18.5. The first-order chi connectivity index (χ1) is 17.6. The van der Waals surface area contributed by atoms with Gasteiger partial charge in [0.25, 0.3) is 5.91 Å². The fourth-order valence-electron chi connectivity index (χ4n) is 3.40. The molecule has 190 valence electrons. The minimum absolute atomic E-state index is 0.177. The molecule has 0 saturated heterocycles. The number of thioether (sulfide) groups is 1. The van der Waals surface area contributed by atoms with Gasteiger partial charge < -0.3 is 16.0 Å². The second-order valence-electron chi connectivity index (χ2n) is 9.10. The SMILES string of the molecule is C=NC(=N/C=C1\CSC(NC(C)=O)=N1)Nc1cc(NC(=O)c2cccc(CC(C)(C)C#N)c2)ccc1C. The molecule has 3 N–H and O–H groups in total. The van der Waals surface area contributed by atoms with Crippen LogP contribution < -0.4 is 16.0 Å². The van der Waals surface area contributed by atoms with Crippen LogP contribution in [0.5, 0.6) is 0 Å². The van der Waals surface area contributed by atoms with E-state index in [0.29, 0.717) is 40.0 Å². The Kier molecular flexibility index (Phi) is 8.98. The number of benzene rings is 2. The highest BCUT2D eigenvalue weighted by Gasteiger charge is 2.18. The standard InChI is InChI=1S/C27H29N7O2S/c1-17-9-10-21(32-24(36)20-8-6-7-19(11-20)13-27(3,4)16-28)12-23(17)34-25(29-5)30-14-22-15-37-26(33-22)31-18(2)35/h6-12,14H,5,13,15H2,1-4H3,(H,30,34)(H,32,36)(H,31,33,35)/b22-14+. The number of guanidine groups is 1. The molecular formula is C27H29N7O2S. The number of hydrogen-bond acceptors (Lipinski definition) is 6. The topological polar surface area (TPSA) is 131 Å². The first-order valence-corrected chi connectivity index (χ1v) is 12.5. The van der Waals surface area contributed by atoms with Crippen molar-refractivity contribution in [1.82, 2.24) is 5.32 Å². The molecule has 0 bridgehead atoms. The molecule has 0 saturated carbocycles. The lowest BCUT2D eigenvalue weighted by molar-refractivity contribution is -0.117. The van der Waals surface area contributed by atoms with Crippen molar-refractivity contribution in [3.05, 3.63) is 71.1 Å². The summed E-state index contributed by atoms with van der Waals surface area (Å²) in [5.74, 6) is 0.418. The fraction of sp³-hybridized carbons (Fsp3) is 0.259. The van der Waals surface area contributed by atoms with Crippen molar-refractivity contribution in [3.8, 4) is 6.07 Å². The number of rotatable bonds is 6. The van der Waals surface area contributed by atoms with Crippen molar-refractivity contribution in [1.29, 1.82) is 5.26 Å². The molecule has 0 atom stereocenters. The number of carbonyl (C=O) groups is 2. The molecule has 1 aliphatic rings. The van der Waals surface area contributed by atoms with E-state index in [1.54, 1.807) is 18.3 Å². The van der Waals surface area contributed by atoms with Gasteiger partial charge in [0, 0.05) is 29.6 Å². The smallest absolute Gasteiger partial charge is 0.255 e. The average molecular weight is 516 g/mol. The molecule has 37 heavy (non-hydrogen) atoms. The van der Waals surface area contributed by atoms with E-state index in [1.807, 2.05) is 51.1 Å². The van der Waals surface area contributed by atoms with Gasteiger partial charge in [-0.1, -0.05) is 30.0 Å². The number of aliphatic imine (C=N–C) groups is 3. The van der Waals surface area contributed by atoms with E-state index >= 15 is 0 Å². The largest absolute Gasteiger partial charge is 0.324 e. The van der Waals surface area contributed by atoms with Gasteiger partial charge in [-0.05, 0) is 69.3 Å². The van der Waals surface area contributed by atoms with Crippen molar-refractivity contribution >= 4 is 52.8 Å². The van der Waals surface area contributed by atoms with E-state index in [-0.39, 0.29) is 17.8 Å². The van der Waals surface area contributed by atoms with Crippen LogP contribution in [0, 0.1) is 23.7 Å². The molecule has 2 aromatic carbocycles. The van der Waals surface area contributed by atoms with Gasteiger partial charge in [0.15, 0.2) is 5.17 Å². The molecular weight excluding hydrogens is 486 g/mol. The summed E-state index contributed by atoms with van der Waals surface area (Å²) in [6, 6.07) is 15.1. The molecule has 1 aliphatic heterocycles. The maximum absolute atomic E-state index is 12.9. The van der Waals surface area contributed by atoms with Crippen molar-refractivity contribution in [2.75, 3.05) is 16.4 Å². The van der Waals surface area contributed by atoms with E-state index in [9.17, 15) is 14.9 Å². The number of hydrogen-bond donors (Lipinski definition) is 3. The predicted molar refractivity (Wildman–Crippen MR) is 151 cm³/mol.